The van der Waals surface area contributed by atoms with E-state index >= 15 is 0 Å². The molecule has 0 atom stereocenters. The minimum Gasteiger partial charge on any atom is -0.344 e. The molecule has 0 fully saturated rings. The molecule has 1 aromatic rings. The first-order chi connectivity index (χ1) is 7.56. The van der Waals surface area contributed by atoms with Crippen molar-refractivity contribution in [3.05, 3.63) is 40.1 Å². The fraction of sp³-hybridized carbons (Fsp3) is 0.385. The fourth-order valence-corrected chi connectivity index (χ4v) is 1.86. The lowest BCUT2D eigenvalue weighted by Gasteiger charge is -2.28. The van der Waals surface area contributed by atoms with Gasteiger partial charge in [0.2, 0.25) is 0 Å². The number of allylic oxidation sites excluding steroid dienone is 1. The summed E-state index contributed by atoms with van der Waals surface area (Å²) >= 11 is 2.31. The Bertz CT molecular complexity index is 343. The van der Waals surface area contributed by atoms with Crippen LogP contribution in [-0.4, -0.2) is 13.1 Å². The highest BCUT2D eigenvalue weighted by Crippen LogP contribution is 2.23. The molecular formula is C13H19IN2. The Balaban J connectivity index is 2.93. The van der Waals surface area contributed by atoms with Crippen LogP contribution in [0.5, 0.6) is 0 Å². The third-order valence-corrected chi connectivity index (χ3v) is 3.22. The molecule has 88 valence electrons. The number of hydrogen-bond donors (Lipinski definition) is 1. The zero-order valence-electron chi connectivity index (χ0n) is 9.91. The smallest absolute Gasteiger partial charge is 0.0409 e. The molecule has 0 aliphatic carbocycles. The number of hydrogen-bond acceptors (Lipinski definition) is 2. The third-order valence-electron chi connectivity index (χ3n) is 2.50. The van der Waals surface area contributed by atoms with E-state index in [9.17, 15) is 0 Å². The van der Waals surface area contributed by atoms with Gasteiger partial charge in [0, 0.05) is 28.0 Å². The number of nitrogens with two attached hydrogens (primary N) is 1. The molecule has 16 heavy (non-hydrogen) atoms. The van der Waals surface area contributed by atoms with Crippen LogP contribution in [0.15, 0.2) is 36.5 Å². The quantitative estimate of drug-likeness (QED) is 0.840. The zero-order chi connectivity index (χ0) is 12.1. The van der Waals surface area contributed by atoms with E-state index in [2.05, 4.69) is 72.2 Å². The van der Waals surface area contributed by atoms with Crippen LogP contribution in [0, 0.1) is 9.49 Å². The van der Waals surface area contributed by atoms with E-state index in [1.54, 1.807) is 0 Å². The number of halogens is 1. The van der Waals surface area contributed by atoms with E-state index in [1.807, 2.05) is 0 Å². The van der Waals surface area contributed by atoms with Crippen molar-refractivity contribution in [1.29, 1.82) is 0 Å². The van der Waals surface area contributed by atoms with Crippen molar-refractivity contribution in [2.75, 3.05) is 18.0 Å². The molecule has 3 heteroatoms. The molecule has 0 saturated heterocycles. The molecule has 0 spiro atoms. The van der Waals surface area contributed by atoms with Crippen LogP contribution in [0.3, 0.4) is 0 Å². The lowest BCUT2D eigenvalue weighted by Crippen LogP contribution is -2.30. The number of nitrogens with zero attached hydrogens (tertiary/aromatic N) is 1. The van der Waals surface area contributed by atoms with Crippen LogP contribution in [-0.2, 0) is 0 Å². The van der Waals surface area contributed by atoms with E-state index in [0.29, 0.717) is 12.5 Å². The van der Waals surface area contributed by atoms with Crippen molar-refractivity contribution < 1.29 is 0 Å². The van der Waals surface area contributed by atoms with Crippen LogP contribution in [0.25, 0.3) is 0 Å². The maximum absolute atomic E-state index is 5.65. The third kappa shape index (κ3) is 3.49. The molecule has 0 aliphatic heterocycles. The van der Waals surface area contributed by atoms with Crippen molar-refractivity contribution in [3.63, 3.8) is 0 Å². The maximum atomic E-state index is 5.65. The minimum absolute atomic E-state index is 0.436. The van der Waals surface area contributed by atoms with E-state index in [1.165, 1.54) is 9.26 Å². The van der Waals surface area contributed by atoms with Crippen molar-refractivity contribution in [3.8, 4) is 0 Å². The Morgan fingerprint density at radius 1 is 1.38 bits per heavy atom. The van der Waals surface area contributed by atoms with Gasteiger partial charge >= 0.3 is 0 Å². The molecule has 2 nitrogen and oxygen atoms in total. The Kier molecular flexibility index (Phi) is 5.28. The molecule has 0 radical (unpaired) electrons. The van der Waals surface area contributed by atoms with E-state index < -0.39 is 0 Å². The first-order valence-corrected chi connectivity index (χ1v) is 6.56. The standard InChI is InChI=1S/C13H19IN2/c1-10(2)11(3)16(9-8-15)13-6-4-12(14)5-7-13/h4-7,10H,3,8-9,15H2,1-2H3. The van der Waals surface area contributed by atoms with Gasteiger partial charge in [-0.2, -0.15) is 0 Å². The second-order valence-corrected chi connectivity index (χ2v) is 5.31. The van der Waals surface area contributed by atoms with Crippen LogP contribution in [0.1, 0.15) is 13.8 Å². The molecule has 0 aliphatic rings. The van der Waals surface area contributed by atoms with Gasteiger partial charge in [-0.15, -0.1) is 0 Å². The summed E-state index contributed by atoms with van der Waals surface area (Å²) in [7, 11) is 0. The summed E-state index contributed by atoms with van der Waals surface area (Å²) in [5.74, 6) is 0.436. The van der Waals surface area contributed by atoms with Crippen LogP contribution in [0.4, 0.5) is 5.69 Å². The average molecular weight is 330 g/mol. The molecule has 0 amide bonds. The maximum Gasteiger partial charge on any atom is 0.0409 e. The van der Waals surface area contributed by atoms with Gasteiger partial charge in [-0.25, -0.2) is 0 Å². The van der Waals surface area contributed by atoms with Gasteiger partial charge in [0.25, 0.3) is 0 Å². The van der Waals surface area contributed by atoms with Gasteiger partial charge in [-0.1, -0.05) is 20.4 Å². The van der Waals surface area contributed by atoms with Crippen molar-refractivity contribution in [2.24, 2.45) is 11.7 Å². The Morgan fingerprint density at radius 2 is 1.94 bits per heavy atom. The van der Waals surface area contributed by atoms with Gasteiger partial charge in [0.1, 0.15) is 0 Å². The van der Waals surface area contributed by atoms with Crippen molar-refractivity contribution in [1.82, 2.24) is 0 Å². The van der Waals surface area contributed by atoms with Crippen molar-refractivity contribution in [2.45, 2.75) is 13.8 Å². The van der Waals surface area contributed by atoms with Crippen LogP contribution < -0.4 is 10.6 Å². The molecule has 1 rings (SSSR count). The number of rotatable bonds is 5. The highest BCUT2D eigenvalue weighted by molar-refractivity contribution is 14.1. The van der Waals surface area contributed by atoms with Gasteiger partial charge in [0.05, 0.1) is 0 Å². The summed E-state index contributed by atoms with van der Waals surface area (Å²) in [6.45, 7) is 9.90. The molecule has 0 heterocycles. The van der Waals surface area contributed by atoms with E-state index in [4.69, 9.17) is 5.73 Å². The molecule has 1 aromatic carbocycles. The number of benzene rings is 1. The molecule has 0 saturated carbocycles. The second kappa shape index (κ2) is 6.25. The fourth-order valence-electron chi connectivity index (χ4n) is 1.50. The topological polar surface area (TPSA) is 29.3 Å². The monoisotopic (exact) mass is 330 g/mol. The largest absolute Gasteiger partial charge is 0.344 e. The Morgan fingerprint density at radius 3 is 2.38 bits per heavy atom. The first-order valence-electron chi connectivity index (χ1n) is 5.48. The molecule has 0 unspecified atom stereocenters. The summed E-state index contributed by atoms with van der Waals surface area (Å²) in [6.07, 6.45) is 0. The molecular weight excluding hydrogens is 311 g/mol. The normalized spacial score (nSPS) is 10.6. The lowest BCUT2D eigenvalue weighted by molar-refractivity contribution is 0.708. The molecule has 0 bridgehead atoms. The highest BCUT2D eigenvalue weighted by Gasteiger charge is 2.12. The predicted octanol–water partition coefficient (Wildman–Crippen LogP) is 3.23. The molecule has 2 N–H and O–H groups in total. The van der Waals surface area contributed by atoms with E-state index in [0.717, 1.165) is 12.2 Å². The Hall–Kier alpha value is -0.550. The molecule has 0 aromatic heterocycles. The SMILES string of the molecule is C=C(C(C)C)N(CCN)c1ccc(I)cc1. The average Bonchev–Trinajstić information content (AvgIpc) is 2.26. The second-order valence-electron chi connectivity index (χ2n) is 4.06. The van der Waals surface area contributed by atoms with Crippen LogP contribution in [0.2, 0.25) is 0 Å². The van der Waals surface area contributed by atoms with Gasteiger partial charge in [-0.3, -0.25) is 0 Å². The van der Waals surface area contributed by atoms with Crippen LogP contribution >= 0.6 is 22.6 Å². The highest BCUT2D eigenvalue weighted by atomic mass is 127. The van der Waals surface area contributed by atoms with E-state index in [-0.39, 0.29) is 0 Å². The summed E-state index contributed by atoms with van der Waals surface area (Å²) in [6, 6.07) is 8.44. The lowest BCUT2D eigenvalue weighted by atomic mass is 10.1. The first kappa shape index (κ1) is 13.5. The van der Waals surface area contributed by atoms with Gasteiger partial charge in [-0.05, 0) is 52.8 Å². The summed E-state index contributed by atoms with van der Waals surface area (Å²) in [5.41, 5.74) is 7.94. The predicted molar refractivity (Wildman–Crippen MR) is 79.5 cm³/mol. The Labute approximate surface area is 112 Å². The van der Waals surface area contributed by atoms with Gasteiger partial charge in [0.15, 0.2) is 0 Å². The number of anilines is 1. The van der Waals surface area contributed by atoms with Gasteiger partial charge < -0.3 is 10.6 Å². The summed E-state index contributed by atoms with van der Waals surface area (Å²) < 4.78 is 1.24. The summed E-state index contributed by atoms with van der Waals surface area (Å²) in [5, 5.41) is 0. The van der Waals surface area contributed by atoms with Crippen molar-refractivity contribution >= 4 is 28.3 Å². The zero-order valence-corrected chi connectivity index (χ0v) is 12.1. The summed E-state index contributed by atoms with van der Waals surface area (Å²) in [4.78, 5) is 2.20. The minimum atomic E-state index is 0.436.